The number of hydrogen-bond acceptors (Lipinski definition) is 5. The van der Waals surface area contributed by atoms with Crippen LogP contribution < -0.4 is 4.74 Å². The van der Waals surface area contributed by atoms with Gasteiger partial charge in [0.2, 0.25) is 0 Å². The number of carbonyl (C=O) groups excluding carboxylic acids is 1. The third-order valence-corrected chi connectivity index (χ3v) is 3.46. The standard InChI is InChI=1S/C15H17NO3S/c1-4-18-14-7-6-11(13-9-20-10(3)16-13)8-12(14)15(17)19-5-2/h6-9H,4-5H2,1-3H3. The summed E-state index contributed by atoms with van der Waals surface area (Å²) in [5.41, 5.74) is 2.19. The van der Waals surface area contributed by atoms with Crippen LogP contribution in [-0.2, 0) is 4.74 Å². The molecule has 2 rings (SSSR count). The molecular weight excluding hydrogens is 274 g/mol. The number of aryl methyl sites for hydroxylation is 1. The van der Waals surface area contributed by atoms with Crippen LogP contribution in [-0.4, -0.2) is 24.2 Å². The monoisotopic (exact) mass is 291 g/mol. The summed E-state index contributed by atoms with van der Waals surface area (Å²) < 4.78 is 10.6. The average Bonchev–Trinajstić information content (AvgIpc) is 2.86. The van der Waals surface area contributed by atoms with Gasteiger partial charge in [0.05, 0.1) is 23.9 Å². The minimum atomic E-state index is -0.371. The maximum Gasteiger partial charge on any atom is 0.341 e. The van der Waals surface area contributed by atoms with Crippen LogP contribution in [0.25, 0.3) is 11.3 Å². The molecule has 1 aromatic carbocycles. The second-order valence-corrected chi connectivity index (χ2v) is 5.18. The second-order valence-electron chi connectivity index (χ2n) is 4.12. The number of benzene rings is 1. The number of carbonyl (C=O) groups is 1. The normalized spacial score (nSPS) is 10.3. The Morgan fingerprint density at radius 1 is 1.30 bits per heavy atom. The van der Waals surface area contributed by atoms with Crippen molar-refractivity contribution in [1.29, 1.82) is 0 Å². The van der Waals surface area contributed by atoms with Crippen molar-refractivity contribution in [1.82, 2.24) is 4.98 Å². The zero-order chi connectivity index (χ0) is 14.5. The molecular formula is C15H17NO3S. The molecule has 1 aromatic heterocycles. The van der Waals surface area contributed by atoms with Crippen molar-refractivity contribution >= 4 is 17.3 Å². The molecule has 0 unspecified atom stereocenters. The van der Waals surface area contributed by atoms with Gasteiger partial charge in [-0.05, 0) is 39.0 Å². The summed E-state index contributed by atoms with van der Waals surface area (Å²) >= 11 is 1.58. The van der Waals surface area contributed by atoms with Gasteiger partial charge in [-0.15, -0.1) is 11.3 Å². The molecule has 0 spiro atoms. The number of esters is 1. The summed E-state index contributed by atoms with van der Waals surface area (Å²) in [6.07, 6.45) is 0. The zero-order valence-corrected chi connectivity index (χ0v) is 12.6. The van der Waals surface area contributed by atoms with Crippen LogP contribution in [0.1, 0.15) is 29.2 Å². The first-order valence-electron chi connectivity index (χ1n) is 6.52. The van der Waals surface area contributed by atoms with Crippen molar-refractivity contribution < 1.29 is 14.3 Å². The van der Waals surface area contributed by atoms with Gasteiger partial charge in [0.25, 0.3) is 0 Å². The van der Waals surface area contributed by atoms with Crippen LogP contribution in [0.15, 0.2) is 23.6 Å². The first-order valence-corrected chi connectivity index (χ1v) is 7.40. The van der Waals surface area contributed by atoms with Gasteiger partial charge in [-0.2, -0.15) is 0 Å². The lowest BCUT2D eigenvalue weighted by Gasteiger charge is -2.10. The largest absolute Gasteiger partial charge is 0.493 e. The van der Waals surface area contributed by atoms with Crippen molar-refractivity contribution in [2.45, 2.75) is 20.8 Å². The molecule has 106 valence electrons. The van der Waals surface area contributed by atoms with E-state index in [0.717, 1.165) is 16.3 Å². The molecule has 20 heavy (non-hydrogen) atoms. The van der Waals surface area contributed by atoms with Gasteiger partial charge in [0.1, 0.15) is 11.3 Å². The Labute approximate surface area is 122 Å². The van der Waals surface area contributed by atoms with E-state index in [9.17, 15) is 4.79 Å². The van der Waals surface area contributed by atoms with Gasteiger partial charge in [-0.1, -0.05) is 0 Å². The van der Waals surface area contributed by atoms with Crippen LogP contribution >= 0.6 is 11.3 Å². The summed E-state index contributed by atoms with van der Waals surface area (Å²) in [6.45, 7) is 6.46. The van der Waals surface area contributed by atoms with E-state index >= 15 is 0 Å². The number of aromatic nitrogens is 1. The molecule has 0 saturated heterocycles. The fourth-order valence-electron chi connectivity index (χ4n) is 1.84. The SMILES string of the molecule is CCOC(=O)c1cc(-c2csc(C)n2)ccc1OCC. The van der Waals surface area contributed by atoms with Gasteiger partial charge < -0.3 is 9.47 Å². The number of ether oxygens (including phenoxy) is 2. The number of rotatable bonds is 5. The van der Waals surface area contributed by atoms with Crippen molar-refractivity contribution in [2.75, 3.05) is 13.2 Å². The van der Waals surface area contributed by atoms with Crippen molar-refractivity contribution in [3.63, 3.8) is 0 Å². The van der Waals surface area contributed by atoms with Crippen LogP contribution in [0, 0.1) is 6.92 Å². The van der Waals surface area contributed by atoms with E-state index in [1.165, 1.54) is 0 Å². The maximum absolute atomic E-state index is 12.0. The smallest absolute Gasteiger partial charge is 0.341 e. The summed E-state index contributed by atoms with van der Waals surface area (Å²) in [7, 11) is 0. The Balaban J connectivity index is 2.42. The Hall–Kier alpha value is -1.88. The van der Waals surface area contributed by atoms with E-state index in [1.807, 2.05) is 25.3 Å². The third-order valence-electron chi connectivity index (χ3n) is 2.69. The fourth-order valence-corrected chi connectivity index (χ4v) is 2.46. The Bertz CT molecular complexity index is 607. The number of thiazole rings is 1. The zero-order valence-electron chi connectivity index (χ0n) is 11.8. The van der Waals surface area contributed by atoms with Crippen LogP contribution in [0.2, 0.25) is 0 Å². The molecule has 0 radical (unpaired) electrons. The van der Waals surface area contributed by atoms with E-state index < -0.39 is 0 Å². The first-order chi connectivity index (χ1) is 9.65. The average molecular weight is 291 g/mol. The molecule has 0 fully saturated rings. The first kappa shape index (κ1) is 14.5. The number of nitrogens with zero attached hydrogens (tertiary/aromatic N) is 1. The highest BCUT2D eigenvalue weighted by Crippen LogP contribution is 2.28. The van der Waals surface area contributed by atoms with Crippen LogP contribution in [0.4, 0.5) is 0 Å². The number of hydrogen-bond donors (Lipinski definition) is 0. The minimum absolute atomic E-state index is 0.338. The molecule has 0 aliphatic carbocycles. The topological polar surface area (TPSA) is 48.4 Å². The second kappa shape index (κ2) is 6.52. The highest BCUT2D eigenvalue weighted by atomic mass is 32.1. The highest BCUT2D eigenvalue weighted by molar-refractivity contribution is 7.09. The molecule has 0 aliphatic heterocycles. The van der Waals surface area contributed by atoms with Crippen molar-refractivity contribution in [3.8, 4) is 17.0 Å². The van der Waals surface area contributed by atoms with Crippen molar-refractivity contribution in [2.24, 2.45) is 0 Å². The molecule has 1 heterocycles. The maximum atomic E-state index is 12.0. The molecule has 0 atom stereocenters. The van der Waals surface area contributed by atoms with Gasteiger partial charge in [-0.3, -0.25) is 0 Å². The van der Waals surface area contributed by atoms with Crippen LogP contribution in [0.5, 0.6) is 5.75 Å². The predicted octanol–water partition coefficient (Wildman–Crippen LogP) is 3.69. The molecule has 0 saturated carbocycles. The van der Waals surface area contributed by atoms with Gasteiger partial charge in [-0.25, -0.2) is 9.78 Å². The van der Waals surface area contributed by atoms with Gasteiger partial charge >= 0.3 is 5.97 Å². The van der Waals surface area contributed by atoms with Crippen LogP contribution in [0.3, 0.4) is 0 Å². The molecule has 0 bridgehead atoms. The fraction of sp³-hybridized carbons (Fsp3) is 0.333. The molecule has 5 heteroatoms. The summed E-state index contributed by atoms with van der Waals surface area (Å²) in [4.78, 5) is 16.4. The van der Waals surface area contributed by atoms with Gasteiger partial charge in [0, 0.05) is 10.9 Å². The lowest BCUT2D eigenvalue weighted by atomic mass is 10.1. The van der Waals surface area contributed by atoms with E-state index in [2.05, 4.69) is 4.98 Å². The summed E-state index contributed by atoms with van der Waals surface area (Å²) in [5, 5.41) is 2.96. The predicted molar refractivity (Wildman–Crippen MR) is 79.4 cm³/mol. The molecule has 0 amide bonds. The summed E-state index contributed by atoms with van der Waals surface area (Å²) in [5.74, 6) is 0.173. The minimum Gasteiger partial charge on any atom is -0.493 e. The highest BCUT2D eigenvalue weighted by Gasteiger charge is 2.16. The molecule has 0 aliphatic rings. The Morgan fingerprint density at radius 2 is 2.10 bits per heavy atom. The molecule has 4 nitrogen and oxygen atoms in total. The van der Waals surface area contributed by atoms with E-state index in [4.69, 9.17) is 9.47 Å². The molecule has 2 aromatic rings. The Morgan fingerprint density at radius 3 is 2.70 bits per heavy atom. The summed E-state index contributed by atoms with van der Waals surface area (Å²) in [6, 6.07) is 5.47. The van der Waals surface area contributed by atoms with E-state index in [-0.39, 0.29) is 5.97 Å². The van der Waals surface area contributed by atoms with Crippen molar-refractivity contribution in [3.05, 3.63) is 34.2 Å². The Kier molecular flexibility index (Phi) is 4.74. The van der Waals surface area contributed by atoms with E-state index in [0.29, 0.717) is 24.5 Å². The quantitative estimate of drug-likeness (QED) is 0.788. The van der Waals surface area contributed by atoms with E-state index in [1.54, 1.807) is 30.4 Å². The lowest BCUT2D eigenvalue weighted by molar-refractivity contribution is 0.0522. The third kappa shape index (κ3) is 3.17. The molecule has 0 N–H and O–H groups in total. The lowest BCUT2D eigenvalue weighted by Crippen LogP contribution is -2.08. The van der Waals surface area contributed by atoms with Gasteiger partial charge in [0.15, 0.2) is 0 Å².